The van der Waals surface area contributed by atoms with Gasteiger partial charge in [0.25, 0.3) is 5.91 Å². The van der Waals surface area contributed by atoms with Gasteiger partial charge in [0.2, 0.25) is 5.82 Å². The topological polar surface area (TPSA) is 59.8 Å². The Bertz CT molecular complexity index is 1270. The lowest BCUT2D eigenvalue weighted by Crippen LogP contribution is -2.16. The maximum absolute atomic E-state index is 13.1. The highest BCUT2D eigenvalue weighted by molar-refractivity contribution is 6.30. The summed E-state index contributed by atoms with van der Waals surface area (Å²) in [7, 11) is 0. The molecular formula is C25H23ClN4O. The number of hydrogen-bond acceptors (Lipinski definition) is 3. The molecule has 1 N–H and O–H groups in total. The molecule has 0 unspecified atom stereocenters. The molecule has 6 heteroatoms. The molecule has 0 aliphatic heterocycles. The minimum absolute atomic E-state index is 0.0959. The second-order valence-corrected chi connectivity index (χ2v) is 8.13. The number of anilines is 1. The Balaban J connectivity index is 1.83. The predicted octanol–water partition coefficient (Wildman–Crippen LogP) is 6.07. The predicted molar refractivity (Wildman–Crippen MR) is 125 cm³/mol. The highest BCUT2D eigenvalue weighted by Crippen LogP contribution is 2.27. The fourth-order valence-corrected chi connectivity index (χ4v) is 3.71. The third-order valence-corrected chi connectivity index (χ3v) is 5.44. The van der Waals surface area contributed by atoms with Crippen molar-refractivity contribution in [1.82, 2.24) is 14.8 Å². The van der Waals surface area contributed by atoms with Gasteiger partial charge in [-0.2, -0.15) is 0 Å². The summed E-state index contributed by atoms with van der Waals surface area (Å²) in [5.74, 6) is 0.323. The number of aryl methyl sites for hydroxylation is 4. The van der Waals surface area contributed by atoms with Crippen molar-refractivity contribution < 1.29 is 4.79 Å². The van der Waals surface area contributed by atoms with Crippen molar-refractivity contribution in [3.8, 4) is 17.1 Å². The van der Waals surface area contributed by atoms with E-state index in [2.05, 4.69) is 15.4 Å². The monoisotopic (exact) mass is 430 g/mol. The first-order valence-corrected chi connectivity index (χ1v) is 10.4. The van der Waals surface area contributed by atoms with Gasteiger partial charge in [-0.05, 0) is 62.6 Å². The normalized spacial score (nSPS) is 10.9. The summed E-state index contributed by atoms with van der Waals surface area (Å²) < 4.78 is 1.69. The van der Waals surface area contributed by atoms with Gasteiger partial charge in [0, 0.05) is 16.3 Å². The van der Waals surface area contributed by atoms with Crippen LogP contribution in [0.5, 0.6) is 0 Å². The summed E-state index contributed by atoms with van der Waals surface area (Å²) in [6.45, 7) is 7.91. The average Bonchev–Trinajstić information content (AvgIpc) is 3.18. The van der Waals surface area contributed by atoms with Gasteiger partial charge in [-0.15, -0.1) is 5.10 Å². The van der Waals surface area contributed by atoms with Gasteiger partial charge in [-0.1, -0.05) is 59.6 Å². The lowest BCUT2D eigenvalue weighted by molar-refractivity contribution is 0.101. The van der Waals surface area contributed by atoms with E-state index in [0.717, 1.165) is 39.2 Å². The number of halogens is 1. The second kappa shape index (κ2) is 8.36. The van der Waals surface area contributed by atoms with E-state index in [4.69, 9.17) is 11.6 Å². The summed E-state index contributed by atoms with van der Waals surface area (Å²) in [6, 6.07) is 19.4. The molecule has 0 atom stereocenters. The molecule has 0 bridgehead atoms. The van der Waals surface area contributed by atoms with Crippen molar-refractivity contribution in [3.63, 3.8) is 0 Å². The van der Waals surface area contributed by atoms with Gasteiger partial charge < -0.3 is 5.32 Å². The van der Waals surface area contributed by atoms with Gasteiger partial charge >= 0.3 is 0 Å². The average molecular weight is 431 g/mol. The molecule has 156 valence electrons. The molecule has 0 aliphatic carbocycles. The Labute approximate surface area is 186 Å². The van der Waals surface area contributed by atoms with Crippen LogP contribution >= 0.6 is 11.6 Å². The van der Waals surface area contributed by atoms with Crippen molar-refractivity contribution in [1.29, 1.82) is 0 Å². The molecule has 1 heterocycles. The number of nitrogens with one attached hydrogen (secondary N) is 1. The van der Waals surface area contributed by atoms with E-state index in [1.165, 1.54) is 0 Å². The van der Waals surface area contributed by atoms with Crippen LogP contribution in [0.1, 0.15) is 32.9 Å². The Morgan fingerprint density at radius 3 is 2.32 bits per heavy atom. The Morgan fingerprint density at radius 1 is 0.903 bits per heavy atom. The number of rotatable bonds is 4. The molecule has 0 aliphatic rings. The van der Waals surface area contributed by atoms with E-state index in [0.29, 0.717) is 10.8 Å². The number of carbonyl (C=O) groups excluding carboxylic acids is 1. The number of hydrogen-bond donors (Lipinski definition) is 1. The summed E-state index contributed by atoms with van der Waals surface area (Å²) in [5.41, 5.74) is 6.47. The zero-order chi connectivity index (χ0) is 22.1. The molecule has 0 radical (unpaired) electrons. The molecule has 0 spiro atoms. The molecule has 1 aromatic heterocycles. The minimum Gasteiger partial charge on any atom is -0.319 e. The van der Waals surface area contributed by atoms with Gasteiger partial charge in [-0.25, -0.2) is 9.67 Å². The quantitative estimate of drug-likeness (QED) is 0.427. The zero-order valence-electron chi connectivity index (χ0n) is 17.9. The van der Waals surface area contributed by atoms with Crippen molar-refractivity contribution >= 4 is 23.2 Å². The van der Waals surface area contributed by atoms with Gasteiger partial charge in [-0.3, -0.25) is 4.79 Å². The number of para-hydroxylation sites is 1. The van der Waals surface area contributed by atoms with E-state index in [-0.39, 0.29) is 11.7 Å². The maximum atomic E-state index is 13.1. The van der Waals surface area contributed by atoms with Crippen molar-refractivity contribution in [2.24, 2.45) is 0 Å². The van der Waals surface area contributed by atoms with Crippen LogP contribution in [0.3, 0.4) is 0 Å². The van der Waals surface area contributed by atoms with E-state index >= 15 is 0 Å². The number of benzene rings is 3. The highest BCUT2D eigenvalue weighted by atomic mass is 35.5. The number of amides is 1. The molecule has 0 saturated carbocycles. The second-order valence-electron chi connectivity index (χ2n) is 7.69. The maximum Gasteiger partial charge on any atom is 0.295 e. The smallest absolute Gasteiger partial charge is 0.295 e. The number of carbonyl (C=O) groups is 1. The first-order chi connectivity index (χ1) is 14.8. The molecule has 4 aromatic rings. The van der Waals surface area contributed by atoms with Gasteiger partial charge in [0.15, 0.2) is 5.82 Å². The van der Waals surface area contributed by atoms with Crippen LogP contribution in [0.15, 0.2) is 60.7 Å². The Morgan fingerprint density at radius 2 is 1.61 bits per heavy atom. The Hall–Kier alpha value is -3.44. The summed E-state index contributed by atoms with van der Waals surface area (Å²) in [5, 5.41) is 8.14. The lowest BCUT2D eigenvalue weighted by atomic mass is 10.1. The molecular weight excluding hydrogens is 408 g/mol. The third kappa shape index (κ3) is 4.23. The molecule has 0 fully saturated rings. The third-order valence-electron chi connectivity index (χ3n) is 5.21. The van der Waals surface area contributed by atoms with Crippen LogP contribution in [0.25, 0.3) is 17.1 Å². The summed E-state index contributed by atoms with van der Waals surface area (Å²) in [6.07, 6.45) is 0. The van der Waals surface area contributed by atoms with Crippen LogP contribution in [0.4, 0.5) is 5.69 Å². The van der Waals surface area contributed by atoms with E-state index in [9.17, 15) is 4.79 Å². The molecule has 0 saturated heterocycles. The molecule has 4 rings (SSSR count). The molecule has 1 amide bonds. The first-order valence-electron chi connectivity index (χ1n) is 10.0. The molecule has 5 nitrogen and oxygen atoms in total. The van der Waals surface area contributed by atoms with Crippen molar-refractivity contribution in [2.75, 3.05) is 5.32 Å². The molecule has 3 aromatic carbocycles. The van der Waals surface area contributed by atoms with Crippen LogP contribution in [-0.2, 0) is 0 Å². The van der Waals surface area contributed by atoms with Gasteiger partial charge in [0.05, 0.1) is 5.69 Å². The van der Waals surface area contributed by atoms with Crippen molar-refractivity contribution in [2.45, 2.75) is 27.7 Å². The summed E-state index contributed by atoms with van der Waals surface area (Å²) >= 11 is 6.26. The Kier molecular flexibility index (Phi) is 5.61. The highest BCUT2D eigenvalue weighted by Gasteiger charge is 2.21. The fourth-order valence-electron chi connectivity index (χ4n) is 3.54. The first kappa shape index (κ1) is 20.8. The standard InChI is InChI=1S/C25H23ClN4O/c1-15-7-5-10-19(13-15)24-28-23(25(31)27-22-17(3)8-6-9-18(22)4)29-30(24)21-14-20(26)12-11-16(21)2/h5-14H,1-4H3,(H,27,31). The lowest BCUT2D eigenvalue weighted by Gasteiger charge is -2.10. The van der Waals surface area contributed by atoms with Gasteiger partial charge in [0.1, 0.15) is 0 Å². The zero-order valence-corrected chi connectivity index (χ0v) is 18.7. The number of aromatic nitrogens is 3. The van der Waals surface area contributed by atoms with Crippen LogP contribution in [-0.4, -0.2) is 20.7 Å². The summed E-state index contributed by atoms with van der Waals surface area (Å²) in [4.78, 5) is 17.7. The van der Waals surface area contributed by atoms with E-state index < -0.39 is 0 Å². The fraction of sp³-hybridized carbons (Fsp3) is 0.160. The SMILES string of the molecule is Cc1cccc(-c2nc(C(=O)Nc3c(C)cccc3C)nn2-c2cc(Cl)ccc2C)c1. The minimum atomic E-state index is -0.357. The van der Waals surface area contributed by atoms with Crippen molar-refractivity contribution in [3.05, 3.63) is 93.8 Å². The molecule has 31 heavy (non-hydrogen) atoms. The van der Waals surface area contributed by atoms with Crippen LogP contribution in [0.2, 0.25) is 5.02 Å². The number of nitrogens with zero attached hydrogens (tertiary/aromatic N) is 3. The van der Waals surface area contributed by atoms with E-state index in [1.807, 2.05) is 88.4 Å². The van der Waals surface area contributed by atoms with Crippen LogP contribution < -0.4 is 5.32 Å². The van der Waals surface area contributed by atoms with Crippen LogP contribution in [0, 0.1) is 27.7 Å². The van der Waals surface area contributed by atoms with E-state index in [1.54, 1.807) is 4.68 Å². The largest absolute Gasteiger partial charge is 0.319 e.